The van der Waals surface area contributed by atoms with Crippen molar-refractivity contribution in [2.45, 2.75) is 50.0 Å². The Balaban J connectivity index is 1.78. The van der Waals surface area contributed by atoms with E-state index >= 15 is 0 Å². The third-order valence-electron chi connectivity index (χ3n) is 6.45. The largest absolute Gasteiger partial charge is 0.490 e. The van der Waals surface area contributed by atoms with E-state index in [-0.39, 0.29) is 0 Å². The quantitative estimate of drug-likeness (QED) is 0.784. The molecule has 3 atom stereocenters. The number of rotatable bonds is 3. The number of hydrogen-bond acceptors (Lipinski definition) is 2. The Bertz CT molecular complexity index is 581. The molecule has 0 aromatic heterocycles. The van der Waals surface area contributed by atoms with Gasteiger partial charge in [-0.2, -0.15) is 0 Å². The van der Waals surface area contributed by atoms with Crippen molar-refractivity contribution in [3.8, 4) is 5.75 Å². The van der Waals surface area contributed by atoms with Crippen molar-refractivity contribution >= 4 is 0 Å². The fourth-order valence-electron chi connectivity index (χ4n) is 5.42. The van der Waals surface area contributed by atoms with Gasteiger partial charge in [-0.3, -0.25) is 0 Å². The van der Waals surface area contributed by atoms with Crippen LogP contribution in [0.2, 0.25) is 0 Å². The Morgan fingerprint density at radius 2 is 2.27 bits per heavy atom. The summed E-state index contributed by atoms with van der Waals surface area (Å²) in [5.74, 6) is 1.87. The van der Waals surface area contributed by atoms with Gasteiger partial charge < -0.3 is 9.64 Å². The molecule has 118 valence electrons. The molecule has 1 heterocycles. The highest BCUT2D eigenvalue weighted by Gasteiger charge is 2.53. The number of benzene rings is 1. The van der Waals surface area contributed by atoms with Gasteiger partial charge in [0.15, 0.2) is 0 Å². The smallest absolute Gasteiger partial charge is 0.120 e. The predicted molar refractivity (Wildman–Crippen MR) is 90.5 cm³/mol. The maximum absolute atomic E-state index is 5.83. The number of likely N-dealkylation sites (tertiary alicyclic amines) is 1. The van der Waals surface area contributed by atoms with Crippen LogP contribution in [-0.2, 0) is 11.8 Å². The highest BCUT2D eigenvalue weighted by Crippen LogP contribution is 2.55. The van der Waals surface area contributed by atoms with Gasteiger partial charge in [0.25, 0.3) is 0 Å². The second kappa shape index (κ2) is 5.42. The standard InChI is InChI=1S/C20H27NO/c1-3-12-22-16-8-7-15-13-19-17-6-4-5-9-20(17,18(15)14-16)10-11-21(19)2/h3,7-8,14,17,19H,1,4-6,9-13H2,2H3. The molecule has 3 unspecified atom stereocenters. The van der Waals surface area contributed by atoms with Crippen LogP contribution in [0.15, 0.2) is 30.9 Å². The van der Waals surface area contributed by atoms with E-state index in [1.807, 2.05) is 6.08 Å². The van der Waals surface area contributed by atoms with Crippen LogP contribution in [0.4, 0.5) is 0 Å². The normalized spacial score (nSPS) is 33.7. The lowest BCUT2D eigenvalue weighted by molar-refractivity contribution is 0.00272. The van der Waals surface area contributed by atoms with Gasteiger partial charge in [0.1, 0.15) is 12.4 Å². The molecular formula is C20H27NO. The first kappa shape index (κ1) is 14.3. The van der Waals surface area contributed by atoms with Gasteiger partial charge in [-0.05, 0) is 68.5 Å². The summed E-state index contributed by atoms with van der Waals surface area (Å²) in [6.07, 6.45) is 9.96. The maximum Gasteiger partial charge on any atom is 0.120 e. The first-order chi connectivity index (χ1) is 10.7. The number of fused-ring (bicyclic) bond motifs is 1. The minimum atomic E-state index is 0.427. The lowest BCUT2D eigenvalue weighted by Gasteiger charge is -2.58. The number of hydrogen-bond donors (Lipinski definition) is 0. The van der Waals surface area contributed by atoms with Crippen molar-refractivity contribution in [1.82, 2.24) is 4.90 Å². The second-order valence-electron chi connectivity index (χ2n) is 7.43. The van der Waals surface area contributed by atoms with Crippen LogP contribution < -0.4 is 4.74 Å². The van der Waals surface area contributed by atoms with Crippen molar-refractivity contribution in [3.63, 3.8) is 0 Å². The third-order valence-corrected chi connectivity index (χ3v) is 6.45. The summed E-state index contributed by atoms with van der Waals surface area (Å²) in [4.78, 5) is 2.62. The van der Waals surface area contributed by atoms with Crippen LogP contribution in [0.25, 0.3) is 0 Å². The molecule has 1 aliphatic heterocycles. The second-order valence-corrected chi connectivity index (χ2v) is 7.43. The average Bonchev–Trinajstić information content (AvgIpc) is 2.56. The monoisotopic (exact) mass is 297 g/mol. The van der Waals surface area contributed by atoms with Gasteiger partial charge >= 0.3 is 0 Å². The summed E-state index contributed by atoms with van der Waals surface area (Å²) in [7, 11) is 2.33. The van der Waals surface area contributed by atoms with E-state index in [4.69, 9.17) is 4.74 Å². The van der Waals surface area contributed by atoms with E-state index in [1.165, 1.54) is 45.1 Å². The van der Waals surface area contributed by atoms with Gasteiger partial charge in [0.2, 0.25) is 0 Å². The molecular weight excluding hydrogens is 270 g/mol. The molecule has 2 bridgehead atoms. The Labute approximate surface area is 134 Å². The predicted octanol–water partition coefficient (Wildman–Crippen LogP) is 3.94. The molecule has 0 spiro atoms. The lowest BCUT2D eigenvalue weighted by atomic mass is 9.52. The lowest BCUT2D eigenvalue weighted by Crippen LogP contribution is -2.59. The minimum absolute atomic E-state index is 0.427. The van der Waals surface area contributed by atoms with E-state index in [0.29, 0.717) is 12.0 Å². The minimum Gasteiger partial charge on any atom is -0.490 e. The van der Waals surface area contributed by atoms with Crippen molar-refractivity contribution in [3.05, 3.63) is 42.0 Å². The summed E-state index contributed by atoms with van der Waals surface area (Å²) in [6.45, 7) is 5.60. The summed E-state index contributed by atoms with van der Waals surface area (Å²) in [5, 5.41) is 0. The van der Waals surface area contributed by atoms with Gasteiger partial charge in [0.05, 0.1) is 0 Å². The van der Waals surface area contributed by atoms with E-state index in [1.54, 1.807) is 11.1 Å². The number of likely N-dealkylation sites (N-methyl/N-ethyl adjacent to an activating group) is 1. The summed E-state index contributed by atoms with van der Waals surface area (Å²) in [6, 6.07) is 7.59. The Morgan fingerprint density at radius 1 is 1.36 bits per heavy atom. The van der Waals surface area contributed by atoms with Crippen molar-refractivity contribution in [2.75, 3.05) is 20.2 Å². The molecule has 2 fully saturated rings. The molecule has 3 aliphatic rings. The van der Waals surface area contributed by atoms with Crippen LogP contribution in [0.5, 0.6) is 5.75 Å². The maximum atomic E-state index is 5.83. The molecule has 2 nitrogen and oxygen atoms in total. The van der Waals surface area contributed by atoms with E-state index in [0.717, 1.165) is 17.7 Å². The molecule has 2 aliphatic carbocycles. The fraction of sp³-hybridized carbons (Fsp3) is 0.600. The number of nitrogens with zero attached hydrogens (tertiary/aromatic N) is 1. The van der Waals surface area contributed by atoms with Crippen LogP contribution >= 0.6 is 0 Å². The first-order valence-electron chi connectivity index (χ1n) is 8.82. The topological polar surface area (TPSA) is 12.5 Å². The molecule has 1 aromatic carbocycles. The zero-order valence-electron chi connectivity index (χ0n) is 13.7. The van der Waals surface area contributed by atoms with Crippen LogP contribution in [-0.4, -0.2) is 31.1 Å². The summed E-state index contributed by atoms with van der Waals surface area (Å²) >= 11 is 0. The molecule has 1 aromatic rings. The Hall–Kier alpha value is -1.28. The van der Waals surface area contributed by atoms with E-state index in [9.17, 15) is 0 Å². The van der Waals surface area contributed by atoms with Crippen molar-refractivity contribution in [1.29, 1.82) is 0 Å². The third kappa shape index (κ3) is 2.04. The zero-order valence-corrected chi connectivity index (χ0v) is 13.7. The average molecular weight is 297 g/mol. The molecule has 0 amide bonds. The van der Waals surface area contributed by atoms with E-state index < -0.39 is 0 Å². The number of ether oxygens (including phenoxy) is 1. The molecule has 0 N–H and O–H groups in total. The molecule has 22 heavy (non-hydrogen) atoms. The first-order valence-corrected chi connectivity index (χ1v) is 8.82. The molecule has 1 saturated carbocycles. The van der Waals surface area contributed by atoms with Crippen LogP contribution in [0.3, 0.4) is 0 Å². The summed E-state index contributed by atoms with van der Waals surface area (Å²) < 4.78 is 5.83. The van der Waals surface area contributed by atoms with Crippen LogP contribution in [0, 0.1) is 5.92 Å². The number of piperidine rings is 1. The molecule has 2 heteroatoms. The highest BCUT2D eigenvalue weighted by molar-refractivity contribution is 5.45. The van der Waals surface area contributed by atoms with Crippen molar-refractivity contribution < 1.29 is 4.74 Å². The molecule has 0 radical (unpaired) electrons. The van der Waals surface area contributed by atoms with Gasteiger partial charge in [-0.25, -0.2) is 0 Å². The summed E-state index contributed by atoms with van der Waals surface area (Å²) in [5.41, 5.74) is 3.61. The van der Waals surface area contributed by atoms with Gasteiger partial charge in [-0.1, -0.05) is 31.6 Å². The van der Waals surface area contributed by atoms with Crippen molar-refractivity contribution in [2.24, 2.45) is 5.92 Å². The zero-order chi connectivity index (χ0) is 15.2. The van der Waals surface area contributed by atoms with Crippen LogP contribution in [0.1, 0.15) is 43.2 Å². The highest BCUT2D eigenvalue weighted by atomic mass is 16.5. The Morgan fingerprint density at radius 3 is 3.14 bits per heavy atom. The molecule has 1 saturated heterocycles. The Kier molecular flexibility index (Phi) is 3.53. The van der Waals surface area contributed by atoms with E-state index in [2.05, 4.69) is 36.7 Å². The SMILES string of the molecule is C=CCOc1ccc2c(c1)C13CCCCC1C(C2)N(C)CC3. The van der Waals surface area contributed by atoms with Gasteiger partial charge in [-0.15, -0.1) is 0 Å². The fourth-order valence-corrected chi connectivity index (χ4v) is 5.42. The van der Waals surface area contributed by atoms with Gasteiger partial charge in [0, 0.05) is 11.5 Å². The molecule has 4 rings (SSSR count).